The number of hydrogen-bond donors (Lipinski definition) is 1. The van der Waals surface area contributed by atoms with E-state index in [1.54, 1.807) is 0 Å². The van der Waals surface area contributed by atoms with Crippen LogP contribution in [-0.4, -0.2) is 11.1 Å². The highest BCUT2D eigenvalue weighted by Crippen LogP contribution is 2.05. The Labute approximate surface area is 58.0 Å². The largest absolute Gasteiger partial charge is 0.364 e. The van der Waals surface area contributed by atoms with Gasteiger partial charge in [0.2, 0.25) is 0 Å². The molecule has 0 spiro atoms. The van der Waals surface area contributed by atoms with Crippen molar-refractivity contribution in [2.75, 3.05) is 0 Å². The van der Waals surface area contributed by atoms with Gasteiger partial charge in [-0.3, -0.25) is 4.79 Å². The molecule has 0 aliphatic carbocycles. The number of amides is 1. The zero-order chi connectivity index (χ0) is 7.56. The summed E-state index contributed by atoms with van der Waals surface area (Å²) in [5.74, 6) is -0.536. The molecule has 0 bridgehead atoms. The zero-order valence-electron chi connectivity index (χ0n) is 5.63. The number of aryl methyl sites for hydroxylation is 1. The van der Waals surface area contributed by atoms with Crippen LogP contribution in [-0.2, 0) is 6.42 Å². The lowest BCUT2D eigenvalue weighted by Crippen LogP contribution is -2.13. The molecule has 54 valence electrons. The molecule has 0 radical (unpaired) electrons. The van der Waals surface area contributed by atoms with Crippen molar-refractivity contribution < 1.29 is 9.32 Å². The van der Waals surface area contributed by atoms with Gasteiger partial charge in [0.25, 0.3) is 5.91 Å². The van der Waals surface area contributed by atoms with Gasteiger partial charge in [0, 0.05) is 5.56 Å². The van der Waals surface area contributed by atoms with E-state index in [0.29, 0.717) is 6.42 Å². The van der Waals surface area contributed by atoms with Crippen LogP contribution in [0.15, 0.2) is 10.8 Å². The lowest BCUT2D eigenvalue weighted by atomic mass is 10.2. The van der Waals surface area contributed by atoms with E-state index >= 15 is 0 Å². The Hall–Kier alpha value is -1.32. The molecule has 0 atom stereocenters. The molecule has 4 nitrogen and oxygen atoms in total. The van der Waals surface area contributed by atoms with Gasteiger partial charge in [-0.05, 0) is 6.42 Å². The fourth-order valence-corrected chi connectivity index (χ4v) is 0.711. The number of carbonyl (C=O) groups excluding carboxylic acids is 1. The highest BCUT2D eigenvalue weighted by Gasteiger charge is 2.10. The molecule has 1 heterocycles. The minimum atomic E-state index is -0.536. The summed E-state index contributed by atoms with van der Waals surface area (Å²) in [6, 6.07) is 0. The molecule has 0 aromatic carbocycles. The van der Waals surface area contributed by atoms with E-state index in [2.05, 4.69) is 9.68 Å². The average molecular weight is 140 g/mol. The summed E-state index contributed by atoms with van der Waals surface area (Å²) in [4.78, 5) is 10.5. The third-order valence-electron chi connectivity index (χ3n) is 1.26. The predicted molar refractivity (Wildman–Crippen MR) is 34.4 cm³/mol. The van der Waals surface area contributed by atoms with E-state index < -0.39 is 5.91 Å². The van der Waals surface area contributed by atoms with Crippen LogP contribution < -0.4 is 5.73 Å². The van der Waals surface area contributed by atoms with E-state index in [1.165, 1.54) is 6.26 Å². The highest BCUT2D eigenvalue weighted by molar-refractivity contribution is 5.91. The Bertz CT molecular complexity index is 242. The molecule has 1 aromatic heterocycles. The monoisotopic (exact) mass is 140 g/mol. The van der Waals surface area contributed by atoms with Gasteiger partial charge in [-0.1, -0.05) is 12.1 Å². The number of nitrogens with two attached hydrogens (primary N) is 1. The quantitative estimate of drug-likeness (QED) is 0.643. The van der Waals surface area contributed by atoms with Gasteiger partial charge >= 0.3 is 0 Å². The van der Waals surface area contributed by atoms with Crippen LogP contribution in [0.4, 0.5) is 0 Å². The van der Waals surface area contributed by atoms with Crippen LogP contribution in [0.25, 0.3) is 0 Å². The van der Waals surface area contributed by atoms with Crippen LogP contribution in [0, 0.1) is 0 Å². The molecular formula is C6H8N2O2. The van der Waals surface area contributed by atoms with Gasteiger partial charge in [0.1, 0.15) is 6.26 Å². The lowest BCUT2D eigenvalue weighted by molar-refractivity contribution is 0.0991. The van der Waals surface area contributed by atoms with Crippen molar-refractivity contribution in [1.82, 2.24) is 5.16 Å². The second-order valence-corrected chi connectivity index (χ2v) is 1.91. The van der Waals surface area contributed by atoms with Crippen LogP contribution in [0.3, 0.4) is 0 Å². The maximum absolute atomic E-state index is 10.5. The molecule has 10 heavy (non-hydrogen) atoms. The summed E-state index contributed by atoms with van der Waals surface area (Å²) < 4.78 is 4.55. The Balaban J connectivity index is 3.01. The summed E-state index contributed by atoms with van der Waals surface area (Å²) >= 11 is 0. The molecule has 1 rings (SSSR count). The summed E-state index contributed by atoms with van der Waals surface area (Å²) in [6.45, 7) is 1.90. The third-order valence-corrected chi connectivity index (χ3v) is 1.26. The SMILES string of the molecule is CCc1conc1C(N)=O. The van der Waals surface area contributed by atoms with E-state index in [9.17, 15) is 4.79 Å². The third kappa shape index (κ3) is 1.00. The van der Waals surface area contributed by atoms with Gasteiger partial charge in [-0.15, -0.1) is 0 Å². The summed E-state index contributed by atoms with van der Waals surface area (Å²) in [5, 5.41) is 3.44. The van der Waals surface area contributed by atoms with Crippen molar-refractivity contribution in [2.24, 2.45) is 5.73 Å². The molecule has 0 aliphatic rings. The molecule has 1 amide bonds. The van der Waals surface area contributed by atoms with Gasteiger partial charge in [-0.25, -0.2) is 0 Å². The summed E-state index contributed by atoms with van der Waals surface area (Å²) in [7, 11) is 0. The van der Waals surface area contributed by atoms with Crippen LogP contribution in [0.2, 0.25) is 0 Å². The van der Waals surface area contributed by atoms with Crippen molar-refractivity contribution in [2.45, 2.75) is 13.3 Å². The van der Waals surface area contributed by atoms with Crippen molar-refractivity contribution >= 4 is 5.91 Å². The lowest BCUT2D eigenvalue weighted by Gasteiger charge is -1.88. The number of rotatable bonds is 2. The van der Waals surface area contributed by atoms with E-state index in [-0.39, 0.29) is 5.69 Å². The maximum atomic E-state index is 10.5. The van der Waals surface area contributed by atoms with Gasteiger partial charge in [0.05, 0.1) is 0 Å². The standard InChI is InChI=1S/C6H8N2O2/c1-2-4-3-10-8-5(4)6(7)9/h3H,2H2,1H3,(H2,7,9). The van der Waals surface area contributed by atoms with Crippen LogP contribution >= 0.6 is 0 Å². The minimum Gasteiger partial charge on any atom is -0.364 e. The predicted octanol–water partition coefficient (Wildman–Crippen LogP) is 0.336. The number of nitrogens with zero attached hydrogens (tertiary/aromatic N) is 1. The second-order valence-electron chi connectivity index (χ2n) is 1.91. The maximum Gasteiger partial charge on any atom is 0.271 e. The first-order valence-corrected chi connectivity index (χ1v) is 2.98. The van der Waals surface area contributed by atoms with E-state index in [0.717, 1.165) is 5.56 Å². The highest BCUT2D eigenvalue weighted by atomic mass is 16.5. The number of hydrogen-bond acceptors (Lipinski definition) is 3. The fraction of sp³-hybridized carbons (Fsp3) is 0.333. The average Bonchev–Trinajstić information content (AvgIpc) is 2.33. The van der Waals surface area contributed by atoms with E-state index in [4.69, 9.17) is 5.73 Å². The molecule has 2 N–H and O–H groups in total. The molecule has 0 unspecified atom stereocenters. The van der Waals surface area contributed by atoms with Crippen molar-refractivity contribution in [3.05, 3.63) is 17.5 Å². The molecular weight excluding hydrogens is 132 g/mol. The molecule has 1 aromatic rings. The summed E-state index contributed by atoms with van der Waals surface area (Å²) in [6.07, 6.45) is 2.14. The van der Waals surface area contributed by atoms with Crippen LogP contribution in [0.5, 0.6) is 0 Å². The topological polar surface area (TPSA) is 69.1 Å². The van der Waals surface area contributed by atoms with Gasteiger partial charge in [-0.2, -0.15) is 0 Å². The number of aromatic nitrogens is 1. The molecule has 4 heteroatoms. The first-order chi connectivity index (χ1) is 4.75. The normalized spacial score (nSPS) is 9.70. The fourth-order valence-electron chi connectivity index (χ4n) is 0.711. The molecule has 0 saturated heterocycles. The van der Waals surface area contributed by atoms with Gasteiger partial charge in [0.15, 0.2) is 5.69 Å². The molecule has 0 saturated carbocycles. The Kier molecular flexibility index (Phi) is 1.71. The zero-order valence-corrected chi connectivity index (χ0v) is 5.63. The first-order valence-electron chi connectivity index (χ1n) is 2.98. The first kappa shape index (κ1) is 6.80. The van der Waals surface area contributed by atoms with Crippen LogP contribution in [0.1, 0.15) is 23.0 Å². The Morgan fingerprint density at radius 3 is 3.00 bits per heavy atom. The van der Waals surface area contributed by atoms with Crippen molar-refractivity contribution in [3.63, 3.8) is 0 Å². The number of carbonyl (C=O) groups is 1. The van der Waals surface area contributed by atoms with Gasteiger partial charge < -0.3 is 10.3 Å². The molecule has 0 aliphatic heterocycles. The minimum absolute atomic E-state index is 0.238. The summed E-state index contributed by atoms with van der Waals surface area (Å²) in [5.41, 5.74) is 5.97. The number of primary amides is 1. The molecule has 0 fully saturated rings. The van der Waals surface area contributed by atoms with Crippen molar-refractivity contribution in [1.29, 1.82) is 0 Å². The van der Waals surface area contributed by atoms with Crippen molar-refractivity contribution in [3.8, 4) is 0 Å². The second kappa shape index (κ2) is 2.51. The Morgan fingerprint density at radius 1 is 1.90 bits per heavy atom. The smallest absolute Gasteiger partial charge is 0.271 e. The Morgan fingerprint density at radius 2 is 2.60 bits per heavy atom. The van der Waals surface area contributed by atoms with E-state index in [1.807, 2.05) is 6.92 Å².